The summed E-state index contributed by atoms with van der Waals surface area (Å²) in [5, 5.41) is 29.2. The second-order valence-corrected chi connectivity index (χ2v) is 15.0. The van der Waals surface area contributed by atoms with Gasteiger partial charge in [-0.1, -0.05) is 16.3 Å². The number of quaternary nitrogens is 2. The van der Waals surface area contributed by atoms with Gasteiger partial charge in [-0.15, -0.1) is 16.6 Å². The number of piperazine rings is 2. The molecule has 0 radical (unpaired) electrons. The number of aromatic nitrogens is 9. The predicted octanol–water partition coefficient (Wildman–Crippen LogP) is -5.61. The maximum Gasteiger partial charge on any atom is 0.303 e. The summed E-state index contributed by atoms with van der Waals surface area (Å²) in [6, 6.07) is -0.562. The fourth-order valence-electron chi connectivity index (χ4n) is 6.97. The molecule has 0 bridgehead atoms. The van der Waals surface area contributed by atoms with Gasteiger partial charge >= 0.3 is 5.97 Å². The smallest absolute Gasteiger partial charge is 0.303 e. The highest BCUT2D eigenvalue weighted by Crippen LogP contribution is 2.23. The molecular formula is C39H64ClN16O7+. The molecule has 3 aromatic heterocycles. The summed E-state index contributed by atoms with van der Waals surface area (Å²) < 4.78 is 19.6. The molecular weight excluding hydrogens is 840 g/mol. The Bertz CT molecular complexity index is 1860. The van der Waals surface area contributed by atoms with Gasteiger partial charge in [0.2, 0.25) is 29.7 Å². The fourth-order valence-corrected chi connectivity index (χ4v) is 6.97. The molecule has 0 aromatic carbocycles. The Morgan fingerprint density at radius 3 is 2.02 bits per heavy atom. The summed E-state index contributed by atoms with van der Waals surface area (Å²) in [7, 11) is 0. The standard InChI is InChI=1S/C39H62N16O7.ClH/c1-2-22-60-24-26-62-27-25-61-23-13-42-37-43-38(52-18-14-50(15-19-52)34(56)30-54-28-31(46-48-54)7-3-5-11-40)45-39(44-37)53-20-16-51(17-21-53)36(59)33(8-4-6-12-41)55-29-32(47-49-55)9-10-35(57)58;/h1,28-29,33H,3-27,30,40-41H2,(H,57,58)(H,42,43,44,45);1H/p+1. The predicted molar refractivity (Wildman–Crippen MR) is 225 cm³/mol. The van der Waals surface area contributed by atoms with Crippen molar-refractivity contribution in [2.75, 3.05) is 127 Å². The van der Waals surface area contributed by atoms with E-state index in [4.69, 9.17) is 40.7 Å². The number of amides is 2. The van der Waals surface area contributed by atoms with Crippen LogP contribution in [0.3, 0.4) is 0 Å². The number of hydrogen-bond donors (Lipinski definition) is 4. The van der Waals surface area contributed by atoms with Gasteiger partial charge in [-0.25, -0.2) is 9.36 Å². The van der Waals surface area contributed by atoms with Gasteiger partial charge in [0.05, 0.1) is 63.9 Å². The number of carboxylic acid groups (broad SMARTS) is 1. The first-order valence-corrected chi connectivity index (χ1v) is 21.6. The summed E-state index contributed by atoms with van der Waals surface area (Å²) >= 11 is 0. The van der Waals surface area contributed by atoms with Crippen molar-refractivity contribution in [1.29, 1.82) is 0 Å². The maximum atomic E-state index is 14.0. The average Bonchev–Trinajstić information content (AvgIpc) is 3.96. The normalized spacial score (nSPS) is 14.6. The molecule has 2 saturated heterocycles. The number of anilines is 3. The van der Waals surface area contributed by atoms with Crippen molar-refractivity contribution in [3.05, 3.63) is 23.8 Å². The van der Waals surface area contributed by atoms with E-state index in [1.165, 1.54) is 0 Å². The third kappa shape index (κ3) is 16.8. The molecule has 0 saturated carbocycles. The van der Waals surface area contributed by atoms with Crippen LogP contribution in [0.25, 0.3) is 0 Å². The van der Waals surface area contributed by atoms with Gasteiger partial charge in [-0.05, 0) is 38.5 Å². The van der Waals surface area contributed by atoms with Crippen molar-refractivity contribution in [3.63, 3.8) is 0 Å². The first-order chi connectivity index (χ1) is 30.3. The molecule has 63 heavy (non-hydrogen) atoms. The van der Waals surface area contributed by atoms with E-state index < -0.39 is 12.0 Å². The number of carbonyl (C=O) groups is 3. The molecule has 1 atom stereocenters. The van der Waals surface area contributed by atoms with Gasteiger partial charge in [0.15, 0.2) is 0 Å². The minimum absolute atomic E-state index is 0. The van der Waals surface area contributed by atoms with E-state index in [1.54, 1.807) is 15.6 Å². The van der Waals surface area contributed by atoms with Crippen molar-refractivity contribution in [3.8, 4) is 12.3 Å². The first-order valence-electron chi connectivity index (χ1n) is 21.6. The molecule has 2 fully saturated rings. The second-order valence-electron chi connectivity index (χ2n) is 15.0. The maximum absolute atomic E-state index is 14.0. The Kier molecular flexibility index (Phi) is 22.2. The Balaban J connectivity index is 0.00000871. The summed E-state index contributed by atoms with van der Waals surface area (Å²) in [6.07, 6.45) is 13.9. The number of carboxylic acids is 1. The van der Waals surface area contributed by atoms with Gasteiger partial charge in [-0.3, -0.25) is 14.4 Å². The molecule has 5 heterocycles. The molecule has 23 nitrogen and oxygen atoms in total. The molecule has 2 aliphatic heterocycles. The van der Waals surface area contributed by atoms with Crippen LogP contribution in [0.15, 0.2) is 12.4 Å². The zero-order valence-electron chi connectivity index (χ0n) is 36.2. The number of aryl methyl sites for hydroxylation is 2. The Hall–Kier alpha value is -5.25. The topological polar surface area (TPSA) is 279 Å². The van der Waals surface area contributed by atoms with E-state index in [0.29, 0.717) is 122 Å². The summed E-state index contributed by atoms with van der Waals surface area (Å²) in [6.45, 7) is 8.40. The van der Waals surface area contributed by atoms with Gasteiger partial charge in [-0.2, -0.15) is 15.0 Å². The lowest BCUT2D eigenvalue weighted by atomic mass is 10.1. The number of unbranched alkanes of at least 4 members (excludes halogenated alkanes) is 2. The van der Waals surface area contributed by atoms with Crippen molar-refractivity contribution in [1.82, 2.24) is 54.7 Å². The van der Waals surface area contributed by atoms with E-state index in [1.807, 2.05) is 20.9 Å². The molecule has 5 rings (SSSR count). The van der Waals surface area contributed by atoms with Crippen LogP contribution in [-0.4, -0.2) is 189 Å². The Morgan fingerprint density at radius 2 is 1.37 bits per heavy atom. The molecule has 2 aliphatic rings. The molecule has 24 heteroatoms. The number of nitrogens with one attached hydrogen (secondary N) is 1. The average molecular weight is 904 g/mol. The van der Waals surface area contributed by atoms with E-state index in [-0.39, 0.29) is 50.2 Å². The van der Waals surface area contributed by atoms with Gasteiger partial charge in [0.25, 0.3) is 0 Å². The van der Waals surface area contributed by atoms with Crippen LogP contribution in [0.5, 0.6) is 0 Å². The summed E-state index contributed by atoms with van der Waals surface area (Å²) in [5.74, 6) is 2.76. The number of halogens is 1. The molecule has 2 amide bonds. The van der Waals surface area contributed by atoms with Crippen LogP contribution in [0.2, 0.25) is 0 Å². The van der Waals surface area contributed by atoms with Crippen LogP contribution in [0.1, 0.15) is 56.0 Å². The van der Waals surface area contributed by atoms with Crippen molar-refractivity contribution in [2.24, 2.45) is 0 Å². The van der Waals surface area contributed by atoms with Crippen LogP contribution in [-0.2, 0) is 48.0 Å². The largest absolute Gasteiger partial charge is 1.00 e. The third-order valence-electron chi connectivity index (χ3n) is 10.4. The van der Waals surface area contributed by atoms with E-state index in [9.17, 15) is 14.4 Å². The molecule has 348 valence electrons. The molecule has 1 unspecified atom stereocenters. The number of carbonyl (C=O) groups excluding carboxylic acids is 2. The number of nitrogens with zero attached hydrogens (tertiary/aromatic N) is 13. The van der Waals surface area contributed by atoms with Gasteiger partial charge in [0, 0.05) is 77.7 Å². The lowest BCUT2D eigenvalue weighted by molar-refractivity contribution is -0.368. The third-order valence-corrected chi connectivity index (χ3v) is 10.4. The number of aliphatic carboxylic acids is 1. The zero-order chi connectivity index (χ0) is 43.9. The van der Waals surface area contributed by atoms with Crippen LogP contribution >= 0.6 is 0 Å². The SMILES string of the molecule is C#CCOCCOCCOCCNc1nc(N2CCN(C(=O)Cn3cc(CCCC[NH3+])nn3)CC2)nc(N2CCN(C(=O)C(CCCC[NH3+])n3cc(CCC(=O)O)nn3)CC2)n1.[Cl-]. The highest BCUT2D eigenvalue weighted by molar-refractivity contribution is 5.80. The highest BCUT2D eigenvalue weighted by atomic mass is 35.5. The van der Waals surface area contributed by atoms with Gasteiger partial charge < -0.3 is 68.1 Å². The Labute approximate surface area is 374 Å². The monoisotopic (exact) mass is 903 g/mol. The van der Waals surface area contributed by atoms with E-state index in [2.05, 4.69) is 48.2 Å². The highest BCUT2D eigenvalue weighted by Gasteiger charge is 2.31. The number of terminal acetylenes is 1. The van der Waals surface area contributed by atoms with Crippen molar-refractivity contribution in [2.45, 2.75) is 64.0 Å². The second kappa shape index (κ2) is 27.7. The van der Waals surface area contributed by atoms with Crippen LogP contribution < -0.4 is 39.0 Å². The summed E-state index contributed by atoms with van der Waals surface area (Å²) in [4.78, 5) is 60.6. The summed E-state index contributed by atoms with van der Waals surface area (Å²) in [5.41, 5.74) is 9.23. The molecule has 0 aliphatic carbocycles. The number of rotatable bonds is 28. The molecule has 8 N–H and O–H groups in total. The van der Waals surface area contributed by atoms with E-state index >= 15 is 0 Å². The van der Waals surface area contributed by atoms with Crippen LogP contribution in [0, 0.1) is 12.3 Å². The Morgan fingerprint density at radius 1 is 0.762 bits per heavy atom. The minimum atomic E-state index is -0.918. The van der Waals surface area contributed by atoms with Crippen molar-refractivity contribution >= 4 is 35.6 Å². The fraction of sp³-hybridized carbons (Fsp3) is 0.692. The number of hydrogen-bond acceptors (Lipinski definition) is 16. The van der Waals surface area contributed by atoms with Crippen molar-refractivity contribution < 1.29 is 57.6 Å². The number of ether oxygens (including phenoxy) is 3. The van der Waals surface area contributed by atoms with E-state index in [0.717, 1.165) is 50.9 Å². The van der Waals surface area contributed by atoms with Gasteiger partial charge in [0.1, 0.15) is 19.2 Å². The lowest BCUT2D eigenvalue weighted by Crippen LogP contribution is -3.00. The zero-order valence-corrected chi connectivity index (χ0v) is 37.0. The molecule has 3 aromatic rings. The lowest BCUT2D eigenvalue weighted by Gasteiger charge is -2.37. The quantitative estimate of drug-likeness (QED) is 0.0391. The first kappa shape index (κ1) is 50.4. The van der Waals surface area contributed by atoms with Crippen LogP contribution in [0.4, 0.5) is 17.8 Å². The molecule has 0 spiro atoms. The minimum Gasteiger partial charge on any atom is -1.00 e.